The zero-order chi connectivity index (χ0) is 13.0. The van der Waals surface area contributed by atoms with Crippen molar-refractivity contribution >= 4 is 5.82 Å². The topological polar surface area (TPSA) is 55.0 Å². The average molecular weight is 248 g/mol. The first-order valence-corrected chi connectivity index (χ1v) is 6.94. The number of nitrogens with zero attached hydrogens (tertiary/aromatic N) is 3. The zero-order valence-electron chi connectivity index (χ0n) is 11.5. The van der Waals surface area contributed by atoms with Crippen LogP contribution in [0, 0.1) is 11.8 Å². The van der Waals surface area contributed by atoms with Crippen LogP contribution in [0.2, 0.25) is 0 Å². The van der Waals surface area contributed by atoms with Gasteiger partial charge in [0.15, 0.2) is 0 Å². The molecule has 4 heteroatoms. The predicted octanol–water partition coefficient (Wildman–Crippen LogP) is 2.32. The minimum atomic E-state index is 0.495. The van der Waals surface area contributed by atoms with Gasteiger partial charge in [0.05, 0.1) is 18.1 Å². The van der Waals surface area contributed by atoms with Gasteiger partial charge in [-0.05, 0) is 44.2 Å². The van der Waals surface area contributed by atoms with Crippen molar-refractivity contribution in [2.75, 3.05) is 18.8 Å². The molecule has 0 amide bonds. The van der Waals surface area contributed by atoms with Crippen LogP contribution in [0.15, 0.2) is 12.4 Å². The highest BCUT2D eigenvalue weighted by Gasteiger charge is 2.19. The standard InChI is InChI=1S/C14H24N4/c1-11(2)12-4-3-6-18(7-5-12)10-13-8-17-14(15)9-16-13/h8-9,11-12H,3-7,10H2,1-2H3,(H2,15,17). The van der Waals surface area contributed by atoms with Crippen LogP contribution in [-0.4, -0.2) is 28.0 Å². The highest BCUT2D eigenvalue weighted by molar-refractivity contribution is 5.22. The van der Waals surface area contributed by atoms with Gasteiger partial charge in [0.2, 0.25) is 0 Å². The van der Waals surface area contributed by atoms with E-state index in [1.54, 1.807) is 12.4 Å². The maximum atomic E-state index is 5.55. The first-order valence-electron chi connectivity index (χ1n) is 6.94. The first kappa shape index (κ1) is 13.3. The van der Waals surface area contributed by atoms with Crippen molar-refractivity contribution in [2.45, 2.75) is 39.7 Å². The van der Waals surface area contributed by atoms with E-state index in [9.17, 15) is 0 Å². The Balaban J connectivity index is 1.88. The maximum absolute atomic E-state index is 5.55. The molecule has 1 aliphatic rings. The fraction of sp³-hybridized carbons (Fsp3) is 0.714. The predicted molar refractivity (Wildman–Crippen MR) is 73.9 cm³/mol. The Morgan fingerprint density at radius 2 is 2.11 bits per heavy atom. The number of anilines is 1. The van der Waals surface area contributed by atoms with Crippen molar-refractivity contribution in [3.05, 3.63) is 18.1 Å². The molecular formula is C14H24N4. The van der Waals surface area contributed by atoms with E-state index in [0.29, 0.717) is 5.82 Å². The molecule has 0 aromatic carbocycles. The third-order valence-electron chi connectivity index (χ3n) is 3.92. The molecule has 1 saturated heterocycles. The molecular weight excluding hydrogens is 224 g/mol. The van der Waals surface area contributed by atoms with Gasteiger partial charge in [0, 0.05) is 6.54 Å². The van der Waals surface area contributed by atoms with Crippen LogP contribution in [0.1, 0.15) is 38.8 Å². The fourth-order valence-corrected chi connectivity index (χ4v) is 2.68. The second-order valence-electron chi connectivity index (χ2n) is 5.64. The summed E-state index contributed by atoms with van der Waals surface area (Å²) in [6.45, 7) is 7.93. The molecule has 1 fully saturated rings. The summed E-state index contributed by atoms with van der Waals surface area (Å²) in [5.74, 6) is 2.18. The van der Waals surface area contributed by atoms with E-state index in [1.807, 2.05) is 0 Å². The molecule has 1 aliphatic heterocycles. The molecule has 100 valence electrons. The van der Waals surface area contributed by atoms with Crippen LogP contribution < -0.4 is 5.73 Å². The number of aromatic nitrogens is 2. The Morgan fingerprint density at radius 1 is 1.28 bits per heavy atom. The number of nitrogens with two attached hydrogens (primary N) is 1. The smallest absolute Gasteiger partial charge is 0.141 e. The lowest BCUT2D eigenvalue weighted by molar-refractivity contribution is 0.262. The Labute approximate surface area is 110 Å². The van der Waals surface area contributed by atoms with Crippen LogP contribution in [-0.2, 0) is 6.54 Å². The summed E-state index contributed by atoms with van der Waals surface area (Å²) in [5.41, 5.74) is 6.57. The summed E-state index contributed by atoms with van der Waals surface area (Å²) in [7, 11) is 0. The van der Waals surface area contributed by atoms with Crippen LogP contribution >= 0.6 is 0 Å². The number of likely N-dealkylation sites (tertiary alicyclic amines) is 1. The zero-order valence-corrected chi connectivity index (χ0v) is 11.5. The monoisotopic (exact) mass is 248 g/mol. The van der Waals surface area contributed by atoms with Gasteiger partial charge in [-0.3, -0.25) is 9.88 Å². The van der Waals surface area contributed by atoms with Crippen molar-refractivity contribution in [3.63, 3.8) is 0 Å². The van der Waals surface area contributed by atoms with Gasteiger partial charge < -0.3 is 5.73 Å². The molecule has 4 nitrogen and oxygen atoms in total. The molecule has 1 atom stereocenters. The van der Waals surface area contributed by atoms with E-state index in [2.05, 4.69) is 28.7 Å². The largest absolute Gasteiger partial charge is 0.382 e. The lowest BCUT2D eigenvalue weighted by atomic mass is 9.89. The lowest BCUT2D eigenvalue weighted by Crippen LogP contribution is -2.25. The van der Waals surface area contributed by atoms with Gasteiger partial charge in [-0.2, -0.15) is 0 Å². The van der Waals surface area contributed by atoms with E-state index in [1.165, 1.54) is 32.4 Å². The van der Waals surface area contributed by atoms with E-state index in [4.69, 9.17) is 5.73 Å². The molecule has 1 unspecified atom stereocenters. The Bertz CT molecular complexity index is 361. The molecule has 0 aliphatic carbocycles. The highest BCUT2D eigenvalue weighted by Crippen LogP contribution is 2.24. The summed E-state index contributed by atoms with van der Waals surface area (Å²) in [6, 6.07) is 0. The third-order valence-corrected chi connectivity index (χ3v) is 3.92. The van der Waals surface area contributed by atoms with Crippen molar-refractivity contribution in [1.82, 2.24) is 14.9 Å². The minimum Gasteiger partial charge on any atom is -0.382 e. The maximum Gasteiger partial charge on any atom is 0.141 e. The Morgan fingerprint density at radius 3 is 2.78 bits per heavy atom. The molecule has 1 aromatic heterocycles. The van der Waals surface area contributed by atoms with E-state index in [-0.39, 0.29) is 0 Å². The van der Waals surface area contributed by atoms with Crippen molar-refractivity contribution in [3.8, 4) is 0 Å². The van der Waals surface area contributed by atoms with E-state index in [0.717, 1.165) is 24.1 Å². The van der Waals surface area contributed by atoms with Crippen LogP contribution in [0.5, 0.6) is 0 Å². The summed E-state index contributed by atoms with van der Waals surface area (Å²) in [4.78, 5) is 10.9. The minimum absolute atomic E-state index is 0.495. The molecule has 0 saturated carbocycles. The number of hydrogen-bond acceptors (Lipinski definition) is 4. The SMILES string of the molecule is CC(C)C1CCCN(Cc2cnc(N)cn2)CC1. The molecule has 0 radical (unpaired) electrons. The highest BCUT2D eigenvalue weighted by atomic mass is 15.1. The van der Waals surface area contributed by atoms with Gasteiger partial charge >= 0.3 is 0 Å². The van der Waals surface area contributed by atoms with E-state index < -0.39 is 0 Å². The fourth-order valence-electron chi connectivity index (χ4n) is 2.68. The van der Waals surface area contributed by atoms with Crippen LogP contribution in [0.3, 0.4) is 0 Å². The lowest BCUT2D eigenvalue weighted by Gasteiger charge is -2.20. The van der Waals surface area contributed by atoms with Crippen LogP contribution in [0.25, 0.3) is 0 Å². The van der Waals surface area contributed by atoms with E-state index >= 15 is 0 Å². The normalized spacial score (nSPS) is 22.1. The summed E-state index contributed by atoms with van der Waals surface area (Å²) in [6.07, 6.45) is 7.40. The number of hydrogen-bond donors (Lipinski definition) is 1. The molecule has 2 rings (SSSR count). The van der Waals surface area contributed by atoms with Crippen molar-refractivity contribution < 1.29 is 0 Å². The Kier molecular flexibility index (Phi) is 4.53. The summed E-state index contributed by atoms with van der Waals surface area (Å²) < 4.78 is 0. The average Bonchev–Trinajstić information content (AvgIpc) is 2.58. The first-order chi connectivity index (χ1) is 8.65. The molecule has 2 heterocycles. The third kappa shape index (κ3) is 3.67. The summed E-state index contributed by atoms with van der Waals surface area (Å²) in [5, 5.41) is 0. The number of nitrogen functional groups attached to an aromatic ring is 1. The van der Waals surface area contributed by atoms with Crippen LogP contribution in [0.4, 0.5) is 5.82 Å². The van der Waals surface area contributed by atoms with Crippen molar-refractivity contribution in [2.24, 2.45) is 11.8 Å². The van der Waals surface area contributed by atoms with Gasteiger partial charge in [-0.1, -0.05) is 13.8 Å². The number of rotatable bonds is 3. The molecule has 0 spiro atoms. The molecule has 0 bridgehead atoms. The summed E-state index contributed by atoms with van der Waals surface area (Å²) >= 11 is 0. The second-order valence-corrected chi connectivity index (χ2v) is 5.64. The molecule has 2 N–H and O–H groups in total. The van der Waals surface area contributed by atoms with Crippen molar-refractivity contribution in [1.29, 1.82) is 0 Å². The molecule has 1 aromatic rings. The quantitative estimate of drug-likeness (QED) is 0.892. The second kappa shape index (κ2) is 6.14. The van der Waals surface area contributed by atoms with Gasteiger partial charge in [0.1, 0.15) is 5.82 Å². The Hall–Kier alpha value is -1.16. The van der Waals surface area contributed by atoms with Gasteiger partial charge in [0.25, 0.3) is 0 Å². The van der Waals surface area contributed by atoms with Gasteiger partial charge in [-0.25, -0.2) is 4.98 Å². The van der Waals surface area contributed by atoms with Gasteiger partial charge in [-0.15, -0.1) is 0 Å². The molecule has 18 heavy (non-hydrogen) atoms.